The number of hydrogen-bond donors (Lipinski definition) is 0. The molecule has 0 saturated carbocycles. The minimum absolute atomic E-state index is 0. The van der Waals surface area contributed by atoms with Gasteiger partial charge in [-0.05, 0) is 11.7 Å². The molecule has 0 N–H and O–H groups in total. The number of carbonyl (C=O) groups excluding carboxylic acids is 2. The van der Waals surface area contributed by atoms with Gasteiger partial charge in [0.05, 0.1) is 0 Å². The molecule has 0 aromatic heterocycles. The van der Waals surface area contributed by atoms with Crippen LogP contribution >= 0.6 is 0 Å². The second kappa shape index (κ2) is 6.33. The van der Waals surface area contributed by atoms with Crippen LogP contribution < -0.4 is 34.7 Å². The van der Waals surface area contributed by atoms with Crippen molar-refractivity contribution in [3.63, 3.8) is 0 Å². The van der Waals surface area contributed by atoms with Crippen LogP contribution in [0.5, 0.6) is 0 Å². The molecule has 3 nitrogen and oxygen atoms in total. The summed E-state index contributed by atoms with van der Waals surface area (Å²) in [6.45, 7) is 3.87. The summed E-state index contributed by atoms with van der Waals surface area (Å²) >= 11 is 0. The van der Waals surface area contributed by atoms with Gasteiger partial charge in [-0.15, -0.1) is 0 Å². The summed E-state index contributed by atoms with van der Waals surface area (Å²) < 4.78 is 0. The van der Waals surface area contributed by atoms with Crippen molar-refractivity contribution in [1.29, 1.82) is 0 Å². The van der Waals surface area contributed by atoms with Crippen molar-refractivity contribution < 1.29 is 44.3 Å². The molecule has 0 amide bonds. The molecule has 92 valence electrons. The minimum atomic E-state index is -0.712. The quantitative estimate of drug-likeness (QED) is 0.637. The Balaban J connectivity index is 0.00000180. The fraction of sp³-hybridized carbons (Fsp3) is 0.200. The molecule has 0 saturated heterocycles. The van der Waals surface area contributed by atoms with E-state index in [-0.39, 0.29) is 52.4 Å². The summed E-state index contributed by atoms with van der Waals surface area (Å²) in [7, 11) is 0. The van der Waals surface area contributed by atoms with Crippen molar-refractivity contribution in [3.8, 4) is 0 Å². The molecule has 4 heteroatoms. The summed E-state index contributed by atoms with van der Waals surface area (Å²) in [5.41, 5.74) is 0.479. The number of rotatable bonds is 2. The molecule has 19 heavy (non-hydrogen) atoms. The molecule has 0 spiro atoms. The Morgan fingerprint density at radius 2 is 1.58 bits per heavy atom. The predicted molar refractivity (Wildman–Crippen MR) is 66.1 cm³/mol. The number of ketones is 2. The van der Waals surface area contributed by atoms with E-state index in [1.54, 1.807) is 24.3 Å². The second-order valence-corrected chi connectivity index (χ2v) is 4.55. The van der Waals surface area contributed by atoms with Crippen LogP contribution in [0, 0.1) is 5.92 Å². The average molecular weight is 264 g/mol. The van der Waals surface area contributed by atoms with Crippen LogP contribution in [0.1, 0.15) is 34.6 Å². The van der Waals surface area contributed by atoms with Crippen LogP contribution in [0.4, 0.5) is 0 Å². The van der Waals surface area contributed by atoms with Gasteiger partial charge in [-0.2, -0.15) is 0 Å². The van der Waals surface area contributed by atoms with Gasteiger partial charge in [-0.1, -0.05) is 50.3 Å². The first kappa shape index (κ1) is 15.9. The number of benzene rings is 1. The van der Waals surface area contributed by atoms with Crippen LogP contribution in [0.25, 0.3) is 0 Å². The molecular formula is C15H13NaO3. The number of fused-ring (bicyclic) bond motifs is 1. The van der Waals surface area contributed by atoms with Crippen LogP contribution in [0.15, 0.2) is 47.7 Å². The number of carbonyl (C=O) groups is 2. The SMILES string of the molecule is CC(C)/C=C/C1=C([O-])C(=O)c2ccccc2C1=O.[Na+]. The molecule has 0 heterocycles. The maximum atomic E-state index is 12.1. The van der Waals surface area contributed by atoms with Gasteiger partial charge in [0, 0.05) is 16.7 Å². The zero-order valence-electron chi connectivity index (χ0n) is 11.3. The molecule has 1 aliphatic carbocycles. The van der Waals surface area contributed by atoms with Crippen LogP contribution in [0.3, 0.4) is 0 Å². The van der Waals surface area contributed by atoms with Gasteiger partial charge in [-0.25, -0.2) is 0 Å². The maximum absolute atomic E-state index is 12.1. The summed E-state index contributed by atoms with van der Waals surface area (Å²) in [5.74, 6) is -1.47. The summed E-state index contributed by atoms with van der Waals surface area (Å²) in [6, 6.07) is 6.41. The zero-order chi connectivity index (χ0) is 13.3. The Hall–Kier alpha value is -1.16. The van der Waals surface area contributed by atoms with Crippen molar-refractivity contribution in [2.75, 3.05) is 0 Å². The molecule has 1 aromatic carbocycles. The first-order chi connectivity index (χ1) is 8.52. The first-order valence-corrected chi connectivity index (χ1v) is 5.80. The number of Topliss-reactive ketones (excluding diaryl/α,β-unsaturated/α-hetero) is 2. The van der Waals surface area contributed by atoms with Gasteiger partial charge >= 0.3 is 29.6 Å². The van der Waals surface area contributed by atoms with Crippen molar-refractivity contribution in [2.45, 2.75) is 13.8 Å². The van der Waals surface area contributed by atoms with E-state index < -0.39 is 11.5 Å². The molecule has 1 aliphatic rings. The third-order valence-corrected chi connectivity index (χ3v) is 2.76. The molecule has 0 atom stereocenters. The Morgan fingerprint density at radius 1 is 1.05 bits per heavy atom. The second-order valence-electron chi connectivity index (χ2n) is 4.55. The number of hydrogen-bond acceptors (Lipinski definition) is 3. The third kappa shape index (κ3) is 3.06. The third-order valence-electron chi connectivity index (χ3n) is 2.76. The molecule has 1 aromatic rings. The minimum Gasteiger partial charge on any atom is -0.869 e. The van der Waals surface area contributed by atoms with Gasteiger partial charge in [0.2, 0.25) is 0 Å². The van der Waals surface area contributed by atoms with Crippen LogP contribution in [-0.2, 0) is 0 Å². The van der Waals surface area contributed by atoms with Crippen molar-refractivity contribution in [2.24, 2.45) is 5.92 Å². The largest absolute Gasteiger partial charge is 1.00 e. The van der Waals surface area contributed by atoms with E-state index in [4.69, 9.17) is 0 Å². The molecule has 0 aliphatic heterocycles. The van der Waals surface area contributed by atoms with E-state index in [1.807, 2.05) is 13.8 Å². The first-order valence-electron chi connectivity index (χ1n) is 5.80. The Morgan fingerprint density at radius 3 is 2.11 bits per heavy atom. The average Bonchev–Trinajstić information content (AvgIpc) is 2.36. The van der Waals surface area contributed by atoms with Crippen LogP contribution in [0.2, 0.25) is 0 Å². The standard InChI is InChI=1S/C15H14O3.Na/c1-9(2)7-8-12-13(16)10-5-3-4-6-11(10)14(17)15(12)18;/h3-9,18H,1-2H3;/q;+1/p-1/b8-7+;. The molecule has 0 fully saturated rings. The summed E-state index contributed by atoms with van der Waals surface area (Å²) in [6.07, 6.45) is 3.20. The molecular weight excluding hydrogens is 251 g/mol. The van der Waals surface area contributed by atoms with Crippen molar-refractivity contribution >= 4 is 11.6 Å². The fourth-order valence-electron chi connectivity index (χ4n) is 1.81. The Bertz CT molecular complexity index is 583. The smallest absolute Gasteiger partial charge is 0.869 e. The normalized spacial score (nSPS) is 14.9. The topological polar surface area (TPSA) is 57.2 Å². The van der Waals surface area contributed by atoms with E-state index in [2.05, 4.69) is 0 Å². The van der Waals surface area contributed by atoms with Gasteiger partial charge < -0.3 is 5.11 Å². The Labute approximate surface area is 134 Å². The van der Waals surface area contributed by atoms with E-state index in [0.717, 1.165) is 0 Å². The van der Waals surface area contributed by atoms with Crippen molar-refractivity contribution in [3.05, 3.63) is 58.9 Å². The summed E-state index contributed by atoms with van der Waals surface area (Å²) in [4.78, 5) is 24.0. The van der Waals surface area contributed by atoms with Crippen molar-refractivity contribution in [1.82, 2.24) is 0 Å². The van der Waals surface area contributed by atoms with E-state index in [0.29, 0.717) is 5.56 Å². The van der Waals surface area contributed by atoms with E-state index >= 15 is 0 Å². The molecule has 0 bridgehead atoms. The van der Waals surface area contributed by atoms with E-state index in [1.165, 1.54) is 12.1 Å². The number of allylic oxidation sites excluding steroid dienone is 4. The van der Waals surface area contributed by atoms with Gasteiger partial charge in [-0.3, -0.25) is 9.59 Å². The molecule has 0 radical (unpaired) electrons. The van der Waals surface area contributed by atoms with Gasteiger partial charge in [0.1, 0.15) is 0 Å². The monoisotopic (exact) mass is 264 g/mol. The summed E-state index contributed by atoms with van der Waals surface area (Å²) in [5, 5.41) is 11.9. The maximum Gasteiger partial charge on any atom is 1.00 e. The molecule has 2 rings (SSSR count). The fourth-order valence-corrected chi connectivity index (χ4v) is 1.81. The Kier molecular flexibility index (Phi) is 5.29. The van der Waals surface area contributed by atoms with Crippen LogP contribution in [-0.4, -0.2) is 11.6 Å². The van der Waals surface area contributed by atoms with E-state index in [9.17, 15) is 14.7 Å². The zero-order valence-corrected chi connectivity index (χ0v) is 13.3. The molecule has 0 unspecified atom stereocenters. The van der Waals surface area contributed by atoms with Gasteiger partial charge in [0.15, 0.2) is 11.6 Å². The predicted octanol–water partition coefficient (Wildman–Crippen LogP) is -1.10. The van der Waals surface area contributed by atoms with Gasteiger partial charge in [0.25, 0.3) is 0 Å².